The topological polar surface area (TPSA) is 72.9 Å². The van der Waals surface area contributed by atoms with Crippen LogP contribution in [-0.2, 0) is 11.8 Å². The van der Waals surface area contributed by atoms with E-state index in [1.165, 1.54) is 0 Å². The molecule has 102 valence electrons. The Balaban J connectivity index is 2.74. The Kier molecular flexibility index (Phi) is 4.81. The van der Waals surface area contributed by atoms with Gasteiger partial charge in [0.15, 0.2) is 0 Å². The largest absolute Gasteiger partial charge is 0.368 e. The normalized spacial score (nSPS) is 14.8. The summed E-state index contributed by atoms with van der Waals surface area (Å²) in [6.07, 6.45) is 0. The Labute approximate surface area is 112 Å². The van der Waals surface area contributed by atoms with E-state index >= 15 is 0 Å². The first kappa shape index (κ1) is 15.0. The molecule has 0 radical (unpaired) electrons. The van der Waals surface area contributed by atoms with Gasteiger partial charge in [-0.05, 0) is 33.8 Å². The monoisotopic (exact) mass is 270 g/mol. The maximum atomic E-state index is 11.6. The fourth-order valence-electron chi connectivity index (χ4n) is 1.76. The average molecular weight is 270 g/mol. The lowest BCUT2D eigenvalue weighted by Gasteiger charge is -2.29. The van der Waals surface area contributed by atoms with Crippen LogP contribution in [0.1, 0.15) is 26.5 Å². The molecule has 3 N–H and O–H groups in total. The molecule has 0 aliphatic carbocycles. The minimum atomic E-state index is -0.711. The van der Waals surface area contributed by atoms with Crippen LogP contribution < -0.4 is 11.1 Å². The zero-order valence-electron chi connectivity index (χ0n) is 11.7. The van der Waals surface area contributed by atoms with Gasteiger partial charge in [-0.15, -0.1) is 11.8 Å². The van der Waals surface area contributed by atoms with Crippen molar-refractivity contribution in [3.05, 3.63) is 11.8 Å². The van der Waals surface area contributed by atoms with Gasteiger partial charge >= 0.3 is 0 Å². The number of hydrogen-bond acceptors (Lipinski definition) is 4. The summed E-state index contributed by atoms with van der Waals surface area (Å²) in [5.74, 6) is 0.252. The number of nitrogens with one attached hydrogen (secondary N) is 1. The number of carbonyl (C=O) groups excluding carboxylic acids is 1. The third-order valence-electron chi connectivity index (χ3n) is 2.62. The molecule has 1 atom stereocenters. The third kappa shape index (κ3) is 3.74. The van der Waals surface area contributed by atoms with Crippen molar-refractivity contribution in [1.29, 1.82) is 0 Å². The number of carbonyl (C=O) groups is 1. The van der Waals surface area contributed by atoms with Crippen LogP contribution in [0.3, 0.4) is 0 Å². The zero-order valence-corrected chi connectivity index (χ0v) is 12.5. The van der Waals surface area contributed by atoms with Gasteiger partial charge in [0.1, 0.15) is 5.54 Å². The summed E-state index contributed by atoms with van der Waals surface area (Å²) >= 11 is 1.58. The lowest BCUT2D eigenvalue weighted by molar-refractivity contribution is -0.123. The van der Waals surface area contributed by atoms with Crippen molar-refractivity contribution in [3.8, 4) is 0 Å². The lowest BCUT2D eigenvalue weighted by atomic mass is 10.0. The van der Waals surface area contributed by atoms with E-state index in [9.17, 15) is 4.79 Å². The molecule has 0 bridgehead atoms. The Morgan fingerprint density at radius 3 is 2.67 bits per heavy atom. The second-order valence-corrected chi connectivity index (χ2v) is 6.03. The van der Waals surface area contributed by atoms with Crippen LogP contribution in [-0.4, -0.2) is 33.0 Å². The molecular weight excluding hydrogens is 248 g/mol. The second kappa shape index (κ2) is 5.75. The van der Waals surface area contributed by atoms with E-state index in [-0.39, 0.29) is 11.9 Å². The molecule has 1 unspecified atom stereocenters. The van der Waals surface area contributed by atoms with Gasteiger partial charge in [0.25, 0.3) is 0 Å². The Bertz CT molecular complexity index is 430. The number of primary amides is 1. The molecule has 1 heterocycles. The van der Waals surface area contributed by atoms with Crippen molar-refractivity contribution in [1.82, 2.24) is 15.1 Å². The van der Waals surface area contributed by atoms with Gasteiger partial charge in [0.05, 0.1) is 10.7 Å². The van der Waals surface area contributed by atoms with E-state index in [1.807, 2.05) is 45.5 Å². The second-order valence-electron chi connectivity index (χ2n) is 5.03. The van der Waals surface area contributed by atoms with Crippen molar-refractivity contribution in [2.75, 3.05) is 5.75 Å². The molecule has 0 aliphatic heterocycles. The molecule has 1 rings (SSSR count). The summed E-state index contributed by atoms with van der Waals surface area (Å²) in [6.45, 7) is 7.79. The van der Waals surface area contributed by atoms with Crippen LogP contribution in [0.4, 0.5) is 0 Å². The van der Waals surface area contributed by atoms with Gasteiger partial charge in [-0.25, -0.2) is 0 Å². The minimum Gasteiger partial charge on any atom is -0.368 e. The Hall–Kier alpha value is -1.01. The number of thioether (sulfide) groups is 1. The standard InChI is InChI=1S/C12H22N4OS/c1-8(2)14-12(4,11(13)17)7-18-10-6-9(3)15-16(10)5/h6,8,14H,7H2,1-5H3,(H2,13,17). The number of rotatable bonds is 6. The van der Waals surface area contributed by atoms with Crippen molar-refractivity contribution in [3.63, 3.8) is 0 Å². The van der Waals surface area contributed by atoms with Gasteiger partial charge in [-0.2, -0.15) is 5.10 Å². The highest BCUT2D eigenvalue weighted by atomic mass is 32.2. The highest BCUT2D eigenvalue weighted by Gasteiger charge is 2.31. The lowest BCUT2D eigenvalue weighted by Crippen LogP contribution is -2.57. The summed E-state index contributed by atoms with van der Waals surface area (Å²) < 4.78 is 1.82. The first-order chi connectivity index (χ1) is 8.24. The van der Waals surface area contributed by atoms with Crippen LogP contribution in [0.2, 0.25) is 0 Å². The maximum absolute atomic E-state index is 11.6. The predicted octanol–water partition coefficient (Wildman–Crippen LogP) is 1.06. The van der Waals surface area contributed by atoms with Gasteiger partial charge in [0, 0.05) is 18.8 Å². The molecule has 1 amide bonds. The van der Waals surface area contributed by atoms with Crippen LogP contribution >= 0.6 is 11.8 Å². The van der Waals surface area contributed by atoms with E-state index in [4.69, 9.17) is 5.73 Å². The smallest absolute Gasteiger partial charge is 0.238 e. The van der Waals surface area contributed by atoms with Gasteiger partial charge in [-0.3, -0.25) is 9.48 Å². The SMILES string of the molecule is Cc1cc(SCC(C)(NC(C)C)C(N)=O)n(C)n1. The fourth-order valence-corrected chi connectivity index (χ4v) is 2.90. The van der Waals surface area contributed by atoms with Crippen molar-refractivity contribution < 1.29 is 4.79 Å². The molecule has 0 aromatic carbocycles. The van der Waals surface area contributed by atoms with E-state index in [2.05, 4.69) is 10.4 Å². The molecule has 0 spiro atoms. The highest BCUT2D eigenvalue weighted by molar-refractivity contribution is 7.99. The summed E-state index contributed by atoms with van der Waals surface area (Å²) in [4.78, 5) is 11.6. The molecule has 18 heavy (non-hydrogen) atoms. The molecule has 1 aromatic heterocycles. The quantitative estimate of drug-likeness (QED) is 0.758. The van der Waals surface area contributed by atoms with E-state index < -0.39 is 5.54 Å². The number of aryl methyl sites for hydroxylation is 2. The number of amides is 1. The third-order valence-corrected chi connectivity index (χ3v) is 4.02. The first-order valence-corrected chi connectivity index (χ1v) is 6.94. The van der Waals surface area contributed by atoms with Crippen molar-refractivity contribution in [2.45, 2.75) is 44.3 Å². The molecule has 0 saturated heterocycles. The highest BCUT2D eigenvalue weighted by Crippen LogP contribution is 2.23. The number of hydrogen-bond donors (Lipinski definition) is 2. The van der Waals surface area contributed by atoms with Gasteiger partial charge in [0.2, 0.25) is 5.91 Å². The molecule has 0 fully saturated rings. The number of nitrogens with two attached hydrogens (primary N) is 1. The summed E-state index contributed by atoms with van der Waals surface area (Å²) in [5.41, 5.74) is 5.75. The zero-order chi connectivity index (χ0) is 13.9. The van der Waals surface area contributed by atoms with E-state index in [0.717, 1.165) is 10.7 Å². The Morgan fingerprint density at radius 1 is 1.67 bits per heavy atom. The summed E-state index contributed by atoms with van der Waals surface area (Å²) in [6, 6.07) is 2.21. The fraction of sp³-hybridized carbons (Fsp3) is 0.667. The molecule has 6 heteroatoms. The van der Waals surface area contributed by atoms with Crippen LogP contribution in [0, 0.1) is 6.92 Å². The predicted molar refractivity (Wildman–Crippen MR) is 74.5 cm³/mol. The average Bonchev–Trinajstić information content (AvgIpc) is 2.53. The van der Waals surface area contributed by atoms with Crippen molar-refractivity contribution in [2.24, 2.45) is 12.8 Å². The van der Waals surface area contributed by atoms with Gasteiger partial charge in [-0.1, -0.05) is 0 Å². The molecule has 1 aromatic rings. The number of nitrogens with zero attached hydrogens (tertiary/aromatic N) is 2. The van der Waals surface area contributed by atoms with Crippen LogP contribution in [0.15, 0.2) is 11.1 Å². The molecule has 0 aliphatic rings. The molecule has 5 nitrogen and oxygen atoms in total. The van der Waals surface area contributed by atoms with Crippen LogP contribution in [0.5, 0.6) is 0 Å². The molecular formula is C12H22N4OS. The number of aromatic nitrogens is 2. The van der Waals surface area contributed by atoms with Crippen LogP contribution in [0.25, 0.3) is 0 Å². The van der Waals surface area contributed by atoms with Gasteiger partial charge < -0.3 is 11.1 Å². The van der Waals surface area contributed by atoms with E-state index in [0.29, 0.717) is 5.75 Å². The summed E-state index contributed by atoms with van der Waals surface area (Å²) in [7, 11) is 1.90. The summed E-state index contributed by atoms with van der Waals surface area (Å²) in [5, 5.41) is 8.54. The van der Waals surface area contributed by atoms with Crippen molar-refractivity contribution >= 4 is 17.7 Å². The minimum absolute atomic E-state index is 0.205. The van der Waals surface area contributed by atoms with E-state index in [1.54, 1.807) is 11.8 Å². The maximum Gasteiger partial charge on any atom is 0.238 e. The molecule has 0 saturated carbocycles. The Morgan fingerprint density at radius 2 is 2.28 bits per heavy atom. The first-order valence-electron chi connectivity index (χ1n) is 5.95.